The van der Waals surface area contributed by atoms with E-state index in [4.69, 9.17) is 9.47 Å². The van der Waals surface area contributed by atoms with Crippen molar-refractivity contribution in [2.45, 2.75) is 36.8 Å². The number of carbonyl (C=O) groups is 2. The van der Waals surface area contributed by atoms with Crippen LogP contribution in [0.4, 0.5) is 4.79 Å². The predicted octanol–water partition coefficient (Wildman–Crippen LogP) is 1.18. The summed E-state index contributed by atoms with van der Waals surface area (Å²) in [5, 5.41) is 3.02. The van der Waals surface area contributed by atoms with Crippen LogP contribution >= 0.6 is 0 Å². The lowest BCUT2D eigenvalue weighted by molar-refractivity contribution is -0.131. The fraction of sp³-hybridized carbons (Fsp3) is 0.619. The Kier molecular flexibility index (Phi) is 3.97. The molecule has 1 unspecified atom stereocenters. The Hall–Kier alpha value is -2.12. The van der Waals surface area contributed by atoms with Gasteiger partial charge in [0.1, 0.15) is 0 Å². The minimum Gasteiger partial charge on any atom is -0.477 e. The molecule has 150 valence electrons. The van der Waals surface area contributed by atoms with Crippen LogP contribution in [-0.4, -0.2) is 74.6 Å². The lowest BCUT2D eigenvalue weighted by Crippen LogP contribution is -2.55. The molecule has 1 amide bonds. The number of hydrogen-bond acceptors (Lipinski definition) is 6. The number of ether oxygens (including phenoxy) is 2. The molecule has 2 aliphatic heterocycles. The Morgan fingerprint density at radius 2 is 2.29 bits per heavy atom. The molecule has 2 heterocycles. The number of nitrogens with one attached hydrogen (secondary N) is 1. The summed E-state index contributed by atoms with van der Waals surface area (Å²) in [5.41, 5.74) is 2.08. The average molecular weight is 385 g/mol. The number of likely N-dealkylation sites (N-methyl/N-ethyl adjacent to an activating group) is 3. The van der Waals surface area contributed by atoms with Crippen LogP contribution in [0.15, 0.2) is 12.1 Å². The van der Waals surface area contributed by atoms with Crippen LogP contribution in [0, 0.1) is 5.92 Å². The van der Waals surface area contributed by atoms with E-state index in [0.717, 1.165) is 24.9 Å². The molecule has 1 N–H and O–H groups in total. The van der Waals surface area contributed by atoms with E-state index in [1.807, 2.05) is 13.1 Å². The van der Waals surface area contributed by atoms with Crippen LogP contribution in [0.5, 0.6) is 11.5 Å². The number of benzene rings is 1. The van der Waals surface area contributed by atoms with E-state index in [2.05, 4.69) is 23.3 Å². The number of Topliss-reactive ketones (excluding diaryl/α,β-unsaturated/α-hetero) is 1. The van der Waals surface area contributed by atoms with Gasteiger partial charge in [-0.3, -0.25) is 4.79 Å². The maximum absolute atomic E-state index is 12.8. The molecule has 5 rings (SSSR count). The molecule has 2 aliphatic carbocycles. The highest BCUT2D eigenvalue weighted by atomic mass is 16.6. The normalized spacial score (nSPS) is 32.1. The first-order chi connectivity index (χ1) is 13.5. The van der Waals surface area contributed by atoms with E-state index < -0.39 is 12.2 Å². The largest absolute Gasteiger partial charge is 0.477 e. The lowest BCUT2D eigenvalue weighted by atomic mass is 9.57. The van der Waals surface area contributed by atoms with Crippen molar-refractivity contribution in [1.82, 2.24) is 15.1 Å². The summed E-state index contributed by atoms with van der Waals surface area (Å²) in [6.45, 7) is 2.07. The zero-order chi connectivity index (χ0) is 19.6. The number of likely N-dealkylation sites (tertiary alicyclic amines) is 1. The molecule has 1 saturated heterocycles. The van der Waals surface area contributed by atoms with Gasteiger partial charge in [-0.25, -0.2) is 4.79 Å². The van der Waals surface area contributed by atoms with Crippen molar-refractivity contribution in [3.05, 3.63) is 23.3 Å². The second-order valence-corrected chi connectivity index (χ2v) is 8.66. The molecule has 0 radical (unpaired) electrons. The van der Waals surface area contributed by atoms with Crippen LogP contribution in [0.2, 0.25) is 0 Å². The molecule has 4 aliphatic rings. The predicted molar refractivity (Wildman–Crippen MR) is 103 cm³/mol. The van der Waals surface area contributed by atoms with Gasteiger partial charge in [0, 0.05) is 44.7 Å². The van der Waals surface area contributed by atoms with Gasteiger partial charge in [0.2, 0.25) is 0 Å². The van der Waals surface area contributed by atoms with Crippen LogP contribution < -0.4 is 14.8 Å². The Labute approximate surface area is 165 Å². The Morgan fingerprint density at radius 1 is 1.46 bits per heavy atom. The first-order valence-corrected chi connectivity index (χ1v) is 10.1. The molecule has 7 heteroatoms. The monoisotopic (exact) mass is 385 g/mol. The highest BCUT2D eigenvalue weighted by Gasteiger charge is 2.68. The van der Waals surface area contributed by atoms with Crippen molar-refractivity contribution in [3.63, 3.8) is 0 Å². The maximum atomic E-state index is 12.8. The number of carbonyl (C=O) groups excluding carboxylic acids is 2. The molecule has 0 aromatic heterocycles. The van der Waals surface area contributed by atoms with E-state index in [9.17, 15) is 9.59 Å². The van der Waals surface area contributed by atoms with Gasteiger partial charge < -0.3 is 24.6 Å². The van der Waals surface area contributed by atoms with Crippen LogP contribution in [0.1, 0.15) is 24.0 Å². The SMILES string of the molecule is CNCCN(C)C(=O)Oc1ccc2c3c1O[C@H]1C(=O)CCC4[C@@H](C2)N(C)C[C@@]341. The topological polar surface area (TPSA) is 71.1 Å². The van der Waals surface area contributed by atoms with Crippen molar-refractivity contribution in [2.24, 2.45) is 5.92 Å². The van der Waals surface area contributed by atoms with Crippen molar-refractivity contribution in [2.75, 3.05) is 40.8 Å². The van der Waals surface area contributed by atoms with Gasteiger partial charge in [0.25, 0.3) is 0 Å². The summed E-state index contributed by atoms with van der Waals surface area (Å²) in [6, 6.07) is 4.35. The zero-order valence-corrected chi connectivity index (χ0v) is 16.7. The van der Waals surface area contributed by atoms with Crippen LogP contribution in [0.3, 0.4) is 0 Å². The molecule has 1 aromatic carbocycles. The smallest absolute Gasteiger partial charge is 0.415 e. The number of rotatable bonds is 4. The van der Waals surface area contributed by atoms with E-state index in [0.29, 0.717) is 43.0 Å². The van der Waals surface area contributed by atoms with Crippen molar-refractivity contribution >= 4 is 11.9 Å². The third-order valence-corrected chi connectivity index (χ3v) is 7.21. The van der Waals surface area contributed by atoms with Crippen molar-refractivity contribution in [1.29, 1.82) is 0 Å². The molecule has 4 atom stereocenters. The molecular weight excluding hydrogens is 358 g/mol. The van der Waals surface area contributed by atoms with Gasteiger partial charge >= 0.3 is 6.09 Å². The third kappa shape index (κ3) is 2.23. The van der Waals surface area contributed by atoms with E-state index in [1.54, 1.807) is 7.05 Å². The van der Waals surface area contributed by atoms with Crippen molar-refractivity contribution in [3.8, 4) is 11.5 Å². The van der Waals surface area contributed by atoms with Crippen molar-refractivity contribution < 1.29 is 19.1 Å². The molecule has 1 aromatic rings. The highest BCUT2D eigenvalue weighted by molar-refractivity contribution is 5.89. The number of amides is 1. The second kappa shape index (κ2) is 6.19. The summed E-state index contributed by atoms with van der Waals surface area (Å²) in [4.78, 5) is 29.3. The molecular formula is C21H27N3O4. The first kappa shape index (κ1) is 17.9. The summed E-state index contributed by atoms with van der Waals surface area (Å²) < 4.78 is 12.0. The molecule has 2 bridgehead atoms. The average Bonchev–Trinajstić information content (AvgIpc) is 3.13. The summed E-state index contributed by atoms with van der Waals surface area (Å²) >= 11 is 0. The molecule has 1 saturated carbocycles. The first-order valence-electron chi connectivity index (χ1n) is 10.1. The number of hydrogen-bond donors (Lipinski definition) is 1. The third-order valence-electron chi connectivity index (χ3n) is 7.21. The number of ketones is 1. The van der Waals surface area contributed by atoms with E-state index in [-0.39, 0.29) is 11.2 Å². The zero-order valence-electron chi connectivity index (χ0n) is 16.7. The van der Waals surface area contributed by atoms with E-state index in [1.165, 1.54) is 10.5 Å². The summed E-state index contributed by atoms with van der Waals surface area (Å²) in [5.74, 6) is 1.66. The van der Waals surface area contributed by atoms with Gasteiger partial charge in [0.05, 0.1) is 5.41 Å². The molecule has 1 spiro atoms. The van der Waals surface area contributed by atoms with Gasteiger partial charge in [-0.2, -0.15) is 0 Å². The van der Waals surface area contributed by atoms with Crippen LogP contribution in [-0.2, 0) is 16.6 Å². The fourth-order valence-electron chi connectivity index (χ4n) is 5.97. The molecule has 28 heavy (non-hydrogen) atoms. The fourth-order valence-corrected chi connectivity index (χ4v) is 5.97. The van der Waals surface area contributed by atoms with E-state index >= 15 is 0 Å². The van der Waals surface area contributed by atoms with Gasteiger partial charge in [-0.1, -0.05) is 6.07 Å². The maximum Gasteiger partial charge on any atom is 0.415 e. The molecule has 7 nitrogen and oxygen atoms in total. The summed E-state index contributed by atoms with van der Waals surface area (Å²) in [6.07, 6.45) is 1.60. The standard InChI is InChI=1S/C21H27N3O4/c1-22-8-9-23(2)20(26)27-16-7-4-12-10-14-13-5-6-15(25)19-21(13,11-24(14)3)17(12)18(16)28-19/h4,7,13-14,19,22H,5-6,8-11H2,1-3H3/t13?,14-,19+,21+/m1/s1. The Morgan fingerprint density at radius 3 is 3.07 bits per heavy atom. The Balaban J connectivity index is 1.54. The van der Waals surface area contributed by atoms with Gasteiger partial charge in [-0.15, -0.1) is 0 Å². The quantitative estimate of drug-likeness (QED) is 0.840. The van der Waals surface area contributed by atoms with Gasteiger partial charge in [-0.05, 0) is 44.5 Å². The molecule has 2 fully saturated rings. The number of nitrogens with zero attached hydrogens (tertiary/aromatic N) is 2. The minimum absolute atomic E-state index is 0.178. The van der Waals surface area contributed by atoms with Gasteiger partial charge in [0.15, 0.2) is 23.4 Å². The minimum atomic E-state index is -0.449. The Bertz CT molecular complexity index is 856. The lowest BCUT2D eigenvalue weighted by Gasteiger charge is -2.43. The summed E-state index contributed by atoms with van der Waals surface area (Å²) in [7, 11) is 5.71. The highest BCUT2D eigenvalue weighted by Crippen LogP contribution is 2.63. The second-order valence-electron chi connectivity index (χ2n) is 8.66. The van der Waals surface area contributed by atoms with Crippen LogP contribution in [0.25, 0.3) is 0 Å².